The zero-order chi connectivity index (χ0) is 20.1. The Morgan fingerprint density at radius 1 is 1.03 bits per heavy atom. The molecule has 1 amide bonds. The van der Waals surface area contributed by atoms with Crippen LogP contribution in [0.1, 0.15) is 42.4 Å². The van der Waals surface area contributed by atoms with Crippen molar-refractivity contribution in [2.45, 2.75) is 44.2 Å². The monoisotopic (exact) mass is 518 g/mol. The standard InChI is InChI=1S/C24H30N4O.HI/c1-25-23(27-18-24(13-14-24)21-6-3-2-4-7-21)26-16-19-9-11-20(12-10-19)17-28-15-5-8-22(28)29;/h2-4,6-7,9-12H,5,8,13-18H2,1H3,(H2,25,26,27);1H. The third-order valence-corrected chi connectivity index (χ3v) is 6.09. The molecular formula is C24H31IN4O. The summed E-state index contributed by atoms with van der Waals surface area (Å²) in [6.45, 7) is 3.23. The Morgan fingerprint density at radius 3 is 2.33 bits per heavy atom. The van der Waals surface area contributed by atoms with Gasteiger partial charge >= 0.3 is 0 Å². The number of guanidine groups is 1. The minimum atomic E-state index is 0. The molecule has 6 heteroatoms. The molecule has 4 rings (SSSR count). The minimum Gasteiger partial charge on any atom is -0.356 e. The fourth-order valence-electron chi connectivity index (χ4n) is 4.02. The van der Waals surface area contributed by atoms with Crippen LogP contribution in [0.25, 0.3) is 0 Å². The van der Waals surface area contributed by atoms with Crippen molar-refractivity contribution in [3.63, 3.8) is 0 Å². The van der Waals surface area contributed by atoms with Gasteiger partial charge in [-0.05, 0) is 36.0 Å². The number of rotatable bonds is 7. The number of hydrogen-bond acceptors (Lipinski definition) is 2. The minimum absolute atomic E-state index is 0. The second-order valence-corrected chi connectivity index (χ2v) is 8.16. The molecule has 1 aliphatic carbocycles. The number of aliphatic imine (C=N–C) groups is 1. The van der Waals surface area contributed by atoms with E-state index < -0.39 is 0 Å². The molecule has 1 aliphatic heterocycles. The van der Waals surface area contributed by atoms with Gasteiger partial charge in [-0.15, -0.1) is 24.0 Å². The van der Waals surface area contributed by atoms with Gasteiger partial charge in [0.1, 0.15) is 0 Å². The van der Waals surface area contributed by atoms with Gasteiger partial charge in [-0.2, -0.15) is 0 Å². The normalized spacial score (nSPS) is 17.4. The number of benzene rings is 2. The Balaban J connectivity index is 0.00000256. The molecule has 30 heavy (non-hydrogen) atoms. The molecule has 2 N–H and O–H groups in total. The molecule has 0 spiro atoms. The summed E-state index contributed by atoms with van der Waals surface area (Å²) in [5.74, 6) is 1.11. The smallest absolute Gasteiger partial charge is 0.222 e. The van der Waals surface area contributed by atoms with Gasteiger partial charge in [0.05, 0.1) is 0 Å². The number of nitrogens with one attached hydrogen (secondary N) is 2. The maximum atomic E-state index is 11.8. The lowest BCUT2D eigenvalue weighted by Gasteiger charge is -2.19. The van der Waals surface area contributed by atoms with Crippen LogP contribution in [0.15, 0.2) is 59.6 Å². The molecule has 0 radical (unpaired) electrons. The number of halogens is 1. The largest absolute Gasteiger partial charge is 0.356 e. The molecule has 0 bridgehead atoms. The number of carbonyl (C=O) groups excluding carboxylic acids is 1. The van der Waals surface area contributed by atoms with E-state index in [1.54, 1.807) is 0 Å². The summed E-state index contributed by atoms with van der Waals surface area (Å²) < 4.78 is 0. The maximum absolute atomic E-state index is 11.8. The Bertz CT molecular complexity index is 863. The number of hydrogen-bond donors (Lipinski definition) is 2. The highest BCUT2D eigenvalue weighted by Gasteiger charge is 2.43. The maximum Gasteiger partial charge on any atom is 0.222 e. The second kappa shape index (κ2) is 10.3. The van der Waals surface area contributed by atoms with Crippen molar-refractivity contribution in [2.24, 2.45) is 4.99 Å². The quantitative estimate of drug-likeness (QED) is 0.333. The highest BCUT2D eigenvalue weighted by Crippen LogP contribution is 2.47. The van der Waals surface area contributed by atoms with Crippen molar-refractivity contribution >= 4 is 35.8 Å². The van der Waals surface area contributed by atoms with Crippen LogP contribution >= 0.6 is 24.0 Å². The summed E-state index contributed by atoms with van der Waals surface area (Å²) in [4.78, 5) is 18.1. The third kappa shape index (κ3) is 5.53. The van der Waals surface area contributed by atoms with Crippen molar-refractivity contribution in [3.8, 4) is 0 Å². The number of likely N-dealkylation sites (tertiary alicyclic amines) is 1. The summed E-state index contributed by atoms with van der Waals surface area (Å²) in [6, 6.07) is 19.2. The number of nitrogens with zero attached hydrogens (tertiary/aromatic N) is 2. The Kier molecular flexibility index (Phi) is 7.75. The van der Waals surface area contributed by atoms with Crippen LogP contribution in [-0.2, 0) is 23.3 Å². The molecule has 0 aromatic heterocycles. The average molecular weight is 518 g/mol. The molecule has 1 heterocycles. The van der Waals surface area contributed by atoms with Gasteiger partial charge in [0.15, 0.2) is 5.96 Å². The fraction of sp³-hybridized carbons (Fsp3) is 0.417. The van der Waals surface area contributed by atoms with Crippen molar-refractivity contribution in [1.82, 2.24) is 15.5 Å². The van der Waals surface area contributed by atoms with Crippen molar-refractivity contribution in [3.05, 3.63) is 71.3 Å². The van der Waals surface area contributed by atoms with E-state index in [2.05, 4.69) is 70.2 Å². The van der Waals surface area contributed by atoms with E-state index >= 15 is 0 Å². The van der Waals surface area contributed by atoms with Crippen LogP contribution in [-0.4, -0.2) is 36.9 Å². The molecule has 2 aromatic carbocycles. The first-order valence-electron chi connectivity index (χ1n) is 10.5. The van der Waals surface area contributed by atoms with Crippen molar-refractivity contribution < 1.29 is 4.79 Å². The summed E-state index contributed by atoms with van der Waals surface area (Å²) >= 11 is 0. The van der Waals surface area contributed by atoms with Crippen LogP contribution < -0.4 is 10.6 Å². The lowest BCUT2D eigenvalue weighted by atomic mass is 9.96. The van der Waals surface area contributed by atoms with Gasteiger partial charge in [0.25, 0.3) is 0 Å². The predicted molar refractivity (Wildman–Crippen MR) is 132 cm³/mol. The summed E-state index contributed by atoms with van der Waals surface area (Å²) in [5, 5.41) is 6.91. The van der Waals surface area contributed by atoms with Crippen LogP contribution in [0.5, 0.6) is 0 Å². The average Bonchev–Trinajstić information content (AvgIpc) is 3.46. The van der Waals surface area contributed by atoms with Crippen LogP contribution in [0.3, 0.4) is 0 Å². The third-order valence-electron chi connectivity index (χ3n) is 6.09. The van der Waals surface area contributed by atoms with Crippen LogP contribution in [0.2, 0.25) is 0 Å². The lowest BCUT2D eigenvalue weighted by Crippen LogP contribution is -2.40. The van der Waals surface area contributed by atoms with Gasteiger partial charge in [-0.25, -0.2) is 0 Å². The Labute approximate surface area is 196 Å². The molecular weight excluding hydrogens is 487 g/mol. The molecule has 1 saturated carbocycles. The first-order chi connectivity index (χ1) is 14.2. The lowest BCUT2D eigenvalue weighted by molar-refractivity contribution is -0.128. The van der Waals surface area contributed by atoms with Gasteiger partial charge < -0.3 is 15.5 Å². The zero-order valence-electron chi connectivity index (χ0n) is 17.6. The molecule has 160 valence electrons. The van der Waals surface area contributed by atoms with Gasteiger partial charge in [-0.3, -0.25) is 9.79 Å². The molecule has 0 atom stereocenters. The molecule has 2 aromatic rings. The molecule has 0 unspecified atom stereocenters. The summed E-state index contributed by atoms with van der Waals surface area (Å²) in [7, 11) is 1.81. The van der Waals surface area contributed by atoms with Crippen LogP contribution in [0, 0.1) is 0 Å². The van der Waals surface area contributed by atoms with E-state index in [9.17, 15) is 4.79 Å². The summed E-state index contributed by atoms with van der Waals surface area (Å²) in [6.07, 6.45) is 4.13. The molecule has 5 nitrogen and oxygen atoms in total. The van der Waals surface area contributed by atoms with Crippen molar-refractivity contribution in [1.29, 1.82) is 0 Å². The highest BCUT2D eigenvalue weighted by molar-refractivity contribution is 14.0. The summed E-state index contributed by atoms with van der Waals surface area (Å²) in [5.41, 5.74) is 4.06. The Hall–Kier alpha value is -2.09. The van der Waals surface area contributed by atoms with Gasteiger partial charge in [0, 0.05) is 45.1 Å². The van der Waals surface area contributed by atoms with E-state index in [0.29, 0.717) is 6.42 Å². The van der Waals surface area contributed by atoms with E-state index in [1.807, 2.05) is 11.9 Å². The fourth-order valence-corrected chi connectivity index (χ4v) is 4.02. The molecule has 2 aliphatic rings. The Morgan fingerprint density at radius 2 is 1.73 bits per heavy atom. The van der Waals surface area contributed by atoms with E-state index in [1.165, 1.54) is 29.5 Å². The van der Waals surface area contributed by atoms with E-state index in [0.717, 1.165) is 38.6 Å². The predicted octanol–water partition coefficient (Wildman–Crippen LogP) is 3.82. The van der Waals surface area contributed by atoms with Crippen LogP contribution in [0.4, 0.5) is 0 Å². The van der Waals surface area contributed by atoms with E-state index in [4.69, 9.17) is 0 Å². The molecule has 2 fully saturated rings. The highest BCUT2D eigenvalue weighted by atomic mass is 127. The SMILES string of the molecule is CN=C(NCc1ccc(CN2CCCC2=O)cc1)NCC1(c2ccccc2)CC1.I. The number of amides is 1. The van der Waals surface area contributed by atoms with Crippen molar-refractivity contribution in [2.75, 3.05) is 20.1 Å². The van der Waals surface area contributed by atoms with Gasteiger partial charge in [0.2, 0.25) is 5.91 Å². The first kappa shape index (κ1) is 22.6. The topological polar surface area (TPSA) is 56.7 Å². The van der Waals surface area contributed by atoms with Gasteiger partial charge in [-0.1, -0.05) is 54.6 Å². The first-order valence-corrected chi connectivity index (χ1v) is 10.5. The zero-order valence-corrected chi connectivity index (χ0v) is 19.9. The molecule has 1 saturated heterocycles. The second-order valence-electron chi connectivity index (χ2n) is 8.16. The van der Waals surface area contributed by atoms with E-state index in [-0.39, 0.29) is 35.3 Å². The number of carbonyl (C=O) groups is 1.